The Morgan fingerprint density at radius 1 is 0.882 bits per heavy atom. The first-order chi connectivity index (χ1) is 15.9. The molecule has 2 aromatic carbocycles. The fourth-order valence-electron chi connectivity index (χ4n) is 4.49. The van der Waals surface area contributed by atoms with Crippen molar-refractivity contribution in [2.75, 3.05) is 6.61 Å². The van der Waals surface area contributed by atoms with Crippen molar-refractivity contribution >= 4 is 24.7 Å². The topological polar surface area (TPSA) is 21.6 Å². The summed E-state index contributed by atoms with van der Waals surface area (Å²) >= 11 is 0. The number of hydrogen-bond donors (Lipinski definition) is 0. The molecule has 2 nitrogen and oxygen atoms in total. The maximum absolute atomic E-state index is 6.26. The summed E-state index contributed by atoms with van der Waals surface area (Å²) in [6.45, 7) is 23.6. The van der Waals surface area contributed by atoms with Crippen molar-refractivity contribution in [2.45, 2.75) is 93.0 Å². The van der Waals surface area contributed by atoms with Crippen LogP contribution in [0.5, 0.6) is 0 Å². The van der Waals surface area contributed by atoms with Crippen LogP contribution in [-0.4, -0.2) is 23.8 Å². The number of rotatable bonds is 8. The molecule has 184 valence electrons. The molecule has 0 fully saturated rings. The Morgan fingerprint density at radius 2 is 1.44 bits per heavy atom. The van der Waals surface area contributed by atoms with Gasteiger partial charge >= 0.3 is 0 Å². The summed E-state index contributed by atoms with van der Waals surface area (Å²) < 4.78 is 6.26. The minimum absolute atomic E-state index is 0.241. The predicted molar refractivity (Wildman–Crippen MR) is 152 cm³/mol. The largest absolute Gasteiger partial charge is 0.478 e. The van der Waals surface area contributed by atoms with E-state index in [2.05, 4.69) is 112 Å². The second-order valence-electron chi connectivity index (χ2n) is 11.5. The standard InChI is InChI=1S/C31H44NOP/c1-19(2)24-16-25(20(3)4)28(26(17-24)21(5)6)34-29(23-14-12-11-13-15-23)31(9,10)30-32-27(18-33-30)22(7)8/h11-17,19-22,27H,18H2,1-10H3/t27-/m1/s1. The van der Waals surface area contributed by atoms with Crippen LogP contribution in [0.25, 0.3) is 0 Å². The van der Waals surface area contributed by atoms with Gasteiger partial charge in [-0.2, -0.15) is 0 Å². The lowest BCUT2D eigenvalue weighted by Crippen LogP contribution is -2.34. The molecular weight excluding hydrogens is 433 g/mol. The van der Waals surface area contributed by atoms with Crippen LogP contribution in [0.1, 0.15) is 109 Å². The molecule has 3 heteroatoms. The second kappa shape index (κ2) is 10.8. The highest BCUT2D eigenvalue weighted by Crippen LogP contribution is 2.36. The SMILES string of the molecule is CC(C)c1cc(C(C)C)c(P=C(c2ccccc2)C(C)(C)C2=N[C@@H](C(C)C)CO2)c(C(C)C)c1. The molecule has 34 heavy (non-hydrogen) atoms. The molecule has 2 aromatic rings. The molecule has 0 bridgehead atoms. The van der Waals surface area contributed by atoms with Gasteiger partial charge in [0.2, 0.25) is 0 Å². The van der Waals surface area contributed by atoms with Crippen molar-refractivity contribution in [3.8, 4) is 0 Å². The van der Waals surface area contributed by atoms with Crippen LogP contribution in [0.4, 0.5) is 0 Å². The summed E-state index contributed by atoms with van der Waals surface area (Å²) in [5, 5.41) is 2.82. The van der Waals surface area contributed by atoms with Crippen molar-refractivity contribution in [1.82, 2.24) is 0 Å². The number of hydrogen-bond acceptors (Lipinski definition) is 2. The first-order valence-electron chi connectivity index (χ1n) is 13.0. The number of aliphatic imine (C=N–C) groups is 1. The quantitative estimate of drug-likeness (QED) is 0.350. The minimum atomic E-state index is -0.300. The molecular formula is C31H44NOP. The van der Waals surface area contributed by atoms with Gasteiger partial charge in [-0.3, -0.25) is 0 Å². The van der Waals surface area contributed by atoms with Crippen LogP contribution in [-0.2, 0) is 4.74 Å². The van der Waals surface area contributed by atoms with Gasteiger partial charge < -0.3 is 4.74 Å². The van der Waals surface area contributed by atoms with Gasteiger partial charge in [-0.1, -0.05) is 106 Å². The van der Waals surface area contributed by atoms with Crippen LogP contribution >= 0.6 is 8.20 Å². The number of ether oxygens (including phenoxy) is 1. The summed E-state index contributed by atoms with van der Waals surface area (Å²) in [7, 11) is 1.25. The zero-order valence-electron chi connectivity index (χ0n) is 22.9. The molecule has 0 saturated heterocycles. The maximum atomic E-state index is 6.26. The van der Waals surface area contributed by atoms with E-state index in [9.17, 15) is 0 Å². The van der Waals surface area contributed by atoms with Gasteiger partial charge in [-0.15, -0.1) is 0 Å². The Labute approximate surface area is 210 Å². The number of nitrogens with zero attached hydrogens (tertiary/aromatic N) is 1. The summed E-state index contributed by atoms with van der Waals surface area (Å²) in [4.78, 5) is 5.07. The maximum Gasteiger partial charge on any atom is 0.194 e. The smallest absolute Gasteiger partial charge is 0.194 e. The Morgan fingerprint density at radius 3 is 1.88 bits per heavy atom. The molecule has 1 aliphatic heterocycles. The fraction of sp³-hybridized carbons (Fsp3) is 0.548. The van der Waals surface area contributed by atoms with E-state index in [-0.39, 0.29) is 11.5 Å². The summed E-state index contributed by atoms with van der Waals surface area (Å²) in [6, 6.07) is 16.0. The molecule has 0 aromatic heterocycles. The van der Waals surface area contributed by atoms with E-state index >= 15 is 0 Å². The Hall–Kier alpha value is -1.92. The van der Waals surface area contributed by atoms with Crippen molar-refractivity contribution in [2.24, 2.45) is 16.3 Å². The third kappa shape index (κ3) is 5.65. The number of benzene rings is 2. The Balaban J connectivity index is 2.29. The van der Waals surface area contributed by atoms with Crippen molar-refractivity contribution in [1.29, 1.82) is 0 Å². The van der Waals surface area contributed by atoms with Crippen molar-refractivity contribution in [3.63, 3.8) is 0 Å². The second-order valence-corrected chi connectivity index (χ2v) is 12.6. The van der Waals surface area contributed by atoms with Crippen LogP contribution in [0.15, 0.2) is 47.5 Å². The molecule has 0 radical (unpaired) electrons. The van der Waals surface area contributed by atoms with Gasteiger partial charge in [0, 0.05) is 10.6 Å². The average Bonchev–Trinajstić information content (AvgIpc) is 3.29. The van der Waals surface area contributed by atoms with E-state index < -0.39 is 0 Å². The van der Waals surface area contributed by atoms with E-state index in [4.69, 9.17) is 9.73 Å². The van der Waals surface area contributed by atoms with Crippen LogP contribution < -0.4 is 5.30 Å². The average molecular weight is 478 g/mol. The lowest BCUT2D eigenvalue weighted by atomic mass is 9.85. The summed E-state index contributed by atoms with van der Waals surface area (Å²) in [5.41, 5.74) is 5.34. The molecule has 0 unspecified atom stereocenters. The molecule has 0 amide bonds. The monoisotopic (exact) mass is 477 g/mol. The molecule has 1 atom stereocenters. The molecule has 0 saturated carbocycles. The van der Waals surface area contributed by atoms with E-state index in [0.29, 0.717) is 30.3 Å². The third-order valence-electron chi connectivity index (χ3n) is 6.94. The normalized spacial score (nSPS) is 17.2. The first-order valence-corrected chi connectivity index (χ1v) is 13.9. The summed E-state index contributed by atoms with van der Waals surface area (Å²) in [6.07, 6.45) is 0. The van der Waals surface area contributed by atoms with Gasteiger partial charge in [-0.25, -0.2) is 4.99 Å². The van der Waals surface area contributed by atoms with Gasteiger partial charge in [0.25, 0.3) is 0 Å². The van der Waals surface area contributed by atoms with Gasteiger partial charge in [0.1, 0.15) is 6.61 Å². The van der Waals surface area contributed by atoms with Crippen LogP contribution in [0.2, 0.25) is 0 Å². The molecule has 0 aliphatic carbocycles. The van der Waals surface area contributed by atoms with Gasteiger partial charge in [0.05, 0.1) is 11.5 Å². The molecule has 1 heterocycles. The molecule has 0 N–H and O–H groups in total. The van der Waals surface area contributed by atoms with E-state index in [1.165, 1.54) is 41.1 Å². The zero-order valence-corrected chi connectivity index (χ0v) is 23.8. The Bertz CT molecular complexity index is 1020. The van der Waals surface area contributed by atoms with Crippen molar-refractivity contribution in [3.05, 3.63) is 64.7 Å². The molecule has 3 rings (SSSR count). The van der Waals surface area contributed by atoms with Gasteiger partial charge in [0.15, 0.2) is 5.90 Å². The highest BCUT2D eigenvalue weighted by Gasteiger charge is 2.38. The van der Waals surface area contributed by atoms with Crippen LogP contribution in [0.3, 0.4) is 0 Å². The van der Waals surface area contributed by atoms with Crippen molar-refractivity contribution < 1.29 is 4.74 Å². The summed E-state index contributed by atoms with van der Waals surface area (Å²) in [5.74, 6) is 2.81. The zero-order chi connectivity index (χ0) is 25.2. The highest BCUT2D eigenvalue weighted by molar-refractivity contribution is 7.50. The lowest BCUT2D eigenvalue weighted by molar-refractivity contribution is 0.274. The first kappa shape index (κ1) is 26.7. The Kier molecular flexibility index (Phi) is 8.46. The third-order valence-corrected chi connectivity index (χ3v) is 8.72. The van der Waals surface area contributed by atoms with Gasteiger partial charge in [-0.05, 0) is 59.8 Å². The molecule has 0 spiro atoms. The van der Waals surface area contributed by atoms with E-state index in [1.807, 2.05) is 0 Å². The minimum Gasteiger partial charge on any atom is -0.478 e. The predicted octanol–water partition coefficient (Wildman–Crippen LogP) is 8.33. The van der Waals surface area contributed by atoms with E-state index in [1.54, 1.807) is 0 Å². The lowest BCUT2D eigenvalue weighted by Gasteiger charge is -2.29. The molecule has 1 aliphatic rings. The fourth-order valence-corrected chi connectivity index (χ4v) is 6.27. The van der Waals surface area contributed by atoms with E-state index in [0.717, 1.165) is 5.90 Å². The van der Waals surface area contributed by atoms with Crippen LogP contribution in [0, 0.1) is 11.3 Å². The highest BCUT2D eigenvalue weighted by atomic mass is 31.1.